The lowest BCUT2D eigenvalue weighted by Crippen LogP contribution is -2.50. The molecule has 7 nitrogen and oxygen atoms in total. The van der Waals surface area contributed by atoms with Crippen molar-refractivity contribution >= 4 is 12.0 Å². The number of likely N-dealkylation sites (tertiary alicyclic amines) is 1. The number of rotatable bonds is 4. The van der Waals surface area contributed by atoms with Crippen LogP contribution in [0.1, 0.15) is 28.8 Å². The topological polar surface area (TPSA) is 99.1 Å². The predicted octanol–water partition coefficient (Wildman–Crippen LogP) is 2.28. The summed E-state index contributed by atoms with van der Waals surface area (Å²) < 4.78 is 5.37. The van der Waals surface area contributed by atoms with Crippen LogP contribution in [-0.2, 0) is 11.3 Å². The van der Waals surface area contributed by atoms with Gasteiger partial charge in [-0.25, -0.2) is 4.79 Å². The number of phenols is 1. The molecular weight excluding hydrogens is 360 g/mol. The Kier molecular flexibility index (Phi) is 6.49. The molecule has 28 heavy (non-hydrogen) atoms. The third-order valence-corrected chi connectivity index (χ3v) is 4.72. The summed E-state index contributed by atoms with van der Waals surface area (Å²) in [6.07, 6.45) is -0.134. The summed E-state index contributed by atoms with van der Waals surface area (Å²) in [6, 6.07) is 14.6. The van der Waals surface area contributed by atoms with Gasteiger partial charge in [-0.15, -0.1) is 0 Å². The number of hydrogen-bond acceptors (Lipinski definition) is 5. The monoisotopic (exact) mass is 384 g/mol. The van der Waals surface area contributed by atoms with Crippen molar-refractivity contribution in [1.82, 2.24) is 10.2 Å². The average Bonchev–Trinajstić information content (AvgIpc) is 2.89. The number of nitrogens with zero attached hydrogens (tertiary/aromatic N) is 1. The van der Waals surface area contributed by atoms with Crippen molar-refractivity contribution in [3.8, 4) is 5.75 Å². The normalized spacial score (nSPS) is 19.5. The number of phenolic OH excluding ortho intramolecular Hbond substituents is 1. The zero-order valence-corrected chi connectivity index (χ0v) is 15.5. The molecule has 0 radical (unpaired) electrons. The Bertz CT molecular complexity index is 794. The fourth-order valence-electron chi connectivity index (χ4n) is 3.13. The van der Waals surface area contributed by atoms with Crippen molar-refractivity contribution in [2.75, 3.05) is 13.1 Å². The minimum atomic E-state index is -0.756. The van der Waals surface area contributed by atoms with Crippen LogP contribution in [0.2, 0.25) is 0 Å². The summed E-state index contributed by atoms with van der Waals surface area (Å²) in [5.74, 6) is -0.304. The van der Waals surface area contributed by atoms with Crippen LogP contribution in [0.3, 0.4) is 0 Å². The molecular formula is C21H24N2O5. The summed E-state index contributed by atoms with van der Waals surface area (Å²) in [5.41, 5.74) is 1.26. The second-order valence-electron chi connectivity index (χ2n) is 6.82. The highest BCUT2D eigenvalue weighted by molar-refractivity contribution is 5.94. The van der Waals surface area contributed by atoms with E-state index >= 15 is 0 Å². The molecule has 1 saturated heterocycles. The van der Waals surface area contributed by atoms with Crippen molar-refractivity contribution in [1.29, 1.82) is 0 Å². The Morgan fingerprint density at radius 2 is 1.82 bits per heavy atom. The maximum atomic E-state index is 12.5. The zero-order chi connectivity index (χ0) is 19.9. The summed E-state index contributed by atoms with van der Waals surface area (Å²) in [7, 11) is 0. The number of benzene rings is 2. The van der Waals surface area contributed by atoms with Crippen LogP contribution in [0.4, 0.5) is 4.79 Å². The maximum absolute atomic E-state index is 12.5. The van der Waals surface area contributed by atoms with Crippen LogP contribution in [-0.4, -0.2) is 52.3 Å². The van der Waals surface area contributed by atoms with E-state index in [2.05, 4.69) is 5.32 Å². The van der Waals surface area contributed by atoms with Crippen molar-refractivity contribution in [2.24, 2.45) is 0 Å². The smallest absolute Gasteiger partial charge is 0.410 e. The van der Waals surface area contributed by atoms with Gasteiger partial charge in [0.25, 0.3) is 5.91 Å². The lowest BCUT2D eigenvalue weighted by Gasteiger charge is -2.26. The number of hydrogen-bond donors (Lipinski definition) is 3. The molecule has 0 saturated carbocycles. The first-order chi connectivity index (χ1) is 13.5. The quantitative estimate of drug-likeness (QED) is 0.751. The Balaban J connectivity index is 1.60. The van der Waals surface area contributed by atoms with Crippen LogP contribution < -0.4 is 5.32 Å². The molecule has 0 spiro atoms. The van der Waals surface area contributed by atoms with E-state index in [1.807, 2.05) is 30.3 Å². The largest absolute Gasteiger partial charge is 0.508 e. The number of ether oxygens (including phenoxy) is 1. The molecule has 1 heterocycles. The number of carbonyl (C=O) groups excluding carboxylic acids is 2. The van der Waals surface area contributed by atoms with Crippen molar-refractivity contribution in [3.63, 3.8) is 0 Å². The van der Waals surface area contributed by atoms with Crippen LogP contribution in [0.5, 0.6) is 5.75 Å². The van der Waals surface area contributed by atoms with Crippen LogP contribution >= 0.6 is 0 Å². The van der Waals surface area contributed by atoms with Crippen molar-refractivity contribution < 1.29 is 24.5 Å². The highest BCUT2D eigenvalue weighted by Gasteiger charge is 2.30. The molecule has 2 unspecified atom stereocenters. The lowest BCUT2D eigenvalue weighted by atomic mass is 10.1. The molecule has 1 aliphatic heterocycles. The third-order valence-electron chi connectivity index (χ3n) is 4.72. The van der Waals surface area contributed by atoms with E-state index in [0.29, 0.717) is 24.9 Å². The maximum Gasteiger partial charge on any atom is 0.410 e. The Morgan fingerprint density at radius 1 is 1.11 bits per heavy atom. The number of nitrogens with one attached hydrogen (secondary N) is 1. The highest BCUT2D eigenvalue weighted by atomic mass is 16.6. The molecule has 0 aromatic heterocycles. The first kappa shape index (κ1) is 19.7. The molecule has 3 N–H and O–H groups in total. The van der Waals surface area contributed by atoms with Gasteiger partial charge in [0.05, 0.1) is 12.1 Å². The standard InChI is InChI=1S/C21H24N2O5/c24-17-10-8-16(9-11-17)20(26)22-18-13-23(12-4-7-19(18)25)21(27)28-14-15-5-2-1-3-6-15/h1-3,5-6,8-11,18-19,24-25H,4,7,12-14H2,(H,22,26). The van der Waals surface area contributed by atoms with Gasteiger partial charge in [0, 0.05) is 18.7 Å². The summed E-state index contributed by atoms with van der Waals surface area (Å²) >= 11 is 0. The number of aromatic hydroxyl groups is 1. The minimum Gasteiger partial charge on any atom is -0.508 e. The molecule has 3 rings (SSSR count). The first-order valence-corrected chi connectivity index (χ1v) is 9.26. The molecule has 2 amide bonds. The number of aliphatic hydroxyl groups is 1. The van der Waals surface area contributed by atoms with E-state index in [9.17, 15) is 19.8 Å². The second kappa shape index (κ2) is 9.23. The Morgan fingerprint density at radius 3 is 2.54 bits per heavy atom. The van der Waals surface area contributed by atoms with Gasteiger partial charge in [-0.2, -0.15) is 0 Å². The Hall–Kier alpha value is -3.06. The van der Waals surface area contributed by atoms with Crippen molar-refractivity contribution in [2.45, 2.75) is 31.6 Å². The average molecular weight is 384 g/mol. The molecule has 148 valence electrons. The molecule has 2 aromatic carbocycles. The van der Waals surface area contributed by atoms with Gasteiger partial charge in [-0.05, 0) is 42.7 Å². The van der Waals surface area contributed by atoms with Crippen LogP contribution in [0.25, 0.3) is 0 Å². The van der Waals surface area contributed by atoms with E-state index in [1.54, 1.807) is 0 Å². The summed E-state index contributed by atoms with van der Waals surface area (Å²) in [5, 5.41) is 22.5. The van der Waals surface area contributed by atoms with E-state index < -0.39 is 18.2 Å². The lowest BCUT2D eigenvalue weighted by molar-refractivity contribution is 0.0733. The highest BCUT2D eigenvalue weighted by Crippen LogP contribution is 2.15. The fraction of sp³-hybridized carbons (Fsp3) is 0.333. The SMILES string of the molecule is O=C(NC1CN(C(=O)OCc2ccccc2)CCCC1O)c1ccc(O)cc1. The van der Waals surface area contributed by atoms with Gasteiger partial charge in [0.15, 0.2) is 0 Å². The van der Waals surface area contributed by atoms with Gasteiger partial charge >= 0.3 is 6.09 Å². The van der Waals surface area contributed by atoms with E-state index in [4.69, 9.17) is 4.74 Å². The zero-order valence-electron chi connectivity index (χ0n) is 15.5. The van der Waals surface area contributed by atoms with E-state index in [-0.39, 0.29) is 24.8 Å². The molecule has 7 heteroatoms. The fourth-order valence-corrected chi connectivity index (χ4v) is 3.13. The van der Waals surface area contributed by atoms with E-state index in [0.717, 1.165) is 5.56 Å². The van der Waals surface area contributed by atoms with Gasteiger partial charge in [-0.3, -0.25) is 4.79 Å². The van der Waals surface area contributed by atoms with Crippen molar-refractivity contribution in [3.05, 3.63) is 65.7 Å². The van der Waals surface area contributed by atoms with Gasteiger partial charge in [0.2, 0.25) is 0 Å². The molecule has 0 bridgehead atoms. The Labute approximate surface area is 163 Å². The third kappa shape index (κ3) is 5.23. The number of amides is 2. The molecule has 1 aliphatic rings. The van der Waals surface area contributed by atoms with E-state index in [1.165, 1.54) is 29.2 Å². The van der Waals surface area contributed by atoms with Crippen LogP contribution in [0, 0.1) is 0 Å². The van der Waals surface area contributed by atoms with Gasteiger partial charge in [0.1, 0.15) is 12.4 Å². The molecule has 0 aliphatic carbocycles. The van der Waals surface area contributed by atoms with Gasteiger partial charge in [-0.1, -0.05) is 30.3 Å². The van der Waals surface area contributed by atoms with Crippen LogP contribution in [0.15, 0.2) is 54.6 Å². The predicted molar refractivity (Wildman–Crippen MR) is 103 cm³/mol. The molecule has 1 fully saturated rings. The number of aliphatic hydroxyl groups excluding tert-OH is 1. The molecule has 2 atom stereocenters. The minimum absolute atomic E-state index is 0.0680. The first-order valence-electron chi connectivity index (χ1n) is 9.26. The summed E-state index contributed by atoms with van der Waals surface area (Å²) in [4.78, 5) is 26.4. The van der Waals surface area contributed by atoms with Gasteiger partial charge < -0.3 is 25.2 Å². The molecule has 2 aromatic rings. The summed E-state index contributed by atoms with van der Waals surface area (Å²) in [6.45, 7) is 0.790. The second-order valence-corrected chi connectivity index (χ2v) is 6.82. The number of carbonyl (C=O) groups is 2.